The number of esters is 1. The molecule has 0 aliphatic carbocycles. The van der Waals surface area contributed by atoms with Crippen molar-refractivity contribution in [2.45, 2.75) is 11.8 Å². The number of carbonyl (C=O) groups is 2. The first-order chi connectivity index (χ1) is 27.9. The maximum absolute atomic E-state index is 12.1. The minimum Gasteiger partial charge on any atom is -0.457 e. The van der Waals surface area contributed by atoms with Crippen molar-refractivity contribution in [2.24, 2.45) is 0 Å². The molecule has 0 radical (unpaired) electrons. The van der Waals surface area contributed by atoms with Crippen LogP contribution in [0.2, 0.25) is 0 Å². The molecule has 57 heavy (non-hydrogen) atoms. The van der Waals surface area contributed by atoms with E-state index < -0.39 is 21.9 Å². The second-order valence-corrected chi connectivity index (χ2v) is 13.3. The van der Waals surface area contributed by atoms with E-state index in [0.717, 1.165) is 5.56 Å². The second kappa shape index (κ2) is 35.0. The molecular weight excluding hydrogens is 772 g/mol. The van der Waals surface area contributed by atoms with E-state index in [1.165, 1.54) is 12.1 Å². The Morgan fingerprint density at radius 1 is 0.404 bits per heavy atom. The first-order valence-corrected chi connectivity index (χ1v) is 20.4. The zero-order chi connectivity index (χ0) is 40.9. The molecule has 18 heteroatoms. The van der Waals surface area contributed by atoms with Gasteiger partial charge in [-0.3, -0.25) is 8.98 Å². The summed E-state index contributed by atoms with van der Waals surface area (Å²) >= 11 is 0. The van der Waals surface area contributed by atoms with Crippen LogP contribution in [0, 0.1) is 6.92 Å². The summed E-state index contributed by atoms with van der Waals surface area (Å²) in [5.41, 5.74) is 1.26. The van der Waals surface area contributed by atoms with Crippen LogP contribution >= 0.6 is 0 Å². The average Bonchev–Trinajstić information content (AvgIpc) is 3.22. The van der Waals surface area contributed by atoms with Gasteiger partial charge in [0.05, 0.1) is 157 Å². The maximum Gasteiger partial charge on any atom is 0.379 e. The van der Waals surface area contributed by atoms with Crippen molar-refractivity contribution < 1.29 is 79.0 Å². The van der Waals surface area contributed by atoms with Crippen molar-refractivity contribution in [3.05, 3.63) is 65.7 Å². The van der Waals surface area contributed by atoms with Crippen molar-refractivity contribution in [3.63, 3.8) is 0 Å². The van der Waals surface area contributed by atoms with Crippen LogP contribution in [0.4, 0.5) is 0 Å². The van der Waals surface area contributed by atoms with E-state index in [1.54, 1.807) is 42.5 Å². The van der Waals surface area contributed by atoms with Crippen LogP contribution in [-0.4, -0.2) is 179 Å². The van der Waals surface area contributed by atoms with E-state index in [1.807, 2.05) is 6.92 Å². The van der Waals surface area contributed by atoms with Gasteiger partial charge in [0.1, 0.15) is 6.61 Å². The standard InChI is InChI=1S/C39H60O17S/c1-35-7-9-37(10-8-35)57(42,43)56-34-32-54-30-28-52-26-24-50-22-20-48-18-16-46-14-12-44-11-13-45-15-17-47-19-21-49-23-25-51-27-29-53-31-33-55-39(41)38(40)36-5-3-2-4-6-36/h2-10H,11-34H2,1H3. The van der Waals surface area contributed by atoms with Gasteiger partial charge in [-0.05, 0) is 19.1 Å². The fraction of sp³-hybridized carbons (Fsp3) is 0.641. The van der Waals surface area contributed by atoms with Crippen molar-refractivity contribution in [1.29, 1.82) is 0 Å². The SMILES string of the molecule is Cc1ccc(S(=O)(=O)OCCOCCOCCOCCOCCOCCOCCOCCOCCOCCOCCOCCOC(=O)C(=O)c2ccccc2)cc1. The van der Waals surface area contributed by atoms with Crippen LogP contribution in [0.5, 0.6) is 0 Å². The van der Waals surface area contributed by atoms with E-state index in [0.29, 0.717) is 132 Å². The van der Waals surface area contributed by atoms with Crippen LogP contribution in [0.3, 0.4) is 0 Å². The number of hydrogen-bond acceptors (Lipinski definition) is 17. The number of aryl methyl sites for hydroxylation is 1. The molecule has 0 saturated heterocycles. The van der Waals surface area contributed by atoms with Crippen LogP contribution in [0.15, 0.2) is 59.5 Å². The molecular formula is C39H60O17S. The third-order valence-corrected chi connectivity index (χ3v) is 8.50. The molecule has 0 atom stereocenters. The summed E-state index contributed by atoms with van der Waals surface area (Å²) in [5.74, 6) is -1.59. The first-order valence-electron chi connectivity index (χ1n) is 19.0. The molecule has 2 rings (SSSR count). The Morgan fingerprint density at radius 2 is 0.702 bits per heavy atom. The second-order valence-electron chi connectivity index (χ2n) is 11.7. The predicted octanol–water partition coefficient (Wildman–Crippen LogP) is 2.31. The lowest BCUT2D eigenvalue weighted by Gasteiger charge is -2.09. The van der Waals surface area contributed by atoms with Crippen molar-refractivity contribution >= 4 is 21.9 Å². The van der Waals surface area contributed by atoms with Crippen molar-refractivity contribution in [2.75, 3.05) is 159 Å². The van der Waals surface area contributed by atoms with Gasteiger partial charge < -0.3 is 56.8 Å². The fourth-order valence-electron chi connectivity index (χ4n) is 4.24. The Balaban J connectivity index is 1.17. The Morgan fingerprint density at radius 3 is 1.04 bits per heavy atom. The number of rotatable bonds is 40. The number of Topliss-reactive ketones (excluding diaryl/α,β-unsaturated/α-hetero) is 1. The molecule has 0 aliphatic heterocycles. The molecule has 0 saturated carbocycles. The number of ether oxygens (including phenoxy) is 12. The first kappa shape index (κ1) is 50.2. The highest BCUT2D eigenvalue weighted by Gasteiger charge is 2.17. The lowest BCUT2D eigenvalue weighted by Crippen LogP contribution is -2.20. The Hall–Kier alpha value is -2.95. The van der Waals surface area contributed by atoms with Crippen LogP contribution < -0.4 is 0 Å². The molecule has 2 aromatic rings. The maximum atomic E-state index is 12.1. The summed E-state index contributed by atoms with van der Waals surface area (Å²) in [6.07, 6.45) is 0. The molecule has 0 amide bonds. The average molecular weight is 833 g/mol. The molecule has 0 aromatic heterocycles. The number of hydrogen-bond donors (Lipinski definition) is 0. The molecule has 2 aromatic carbocycles. The zero-order valence-electron chi connectivity index (χ0n) is 33.0. The molecule has 0 unspecified atom stereocenters. The van der Waals surface area contributed by atoms with E-state index >= 15 is 0 Å². The van der Waals surface area contributed by atoms with Gasteiger partial charge in [-0.15, -0.1) is 0 Å². The largest absolute Gasteiger partial charge is 0.457 e. The lowest BCUT2D eigenvalue weighted by molar-refractivity contribution is -0.139. The predicted molar refractivity (Wildman–Crippen MR) is 205 cm³/mol. The third kappa shape index (κ3) is 28.2. The van der Waals surface area contributed by atoms with Gasteiger partial charge in [0.25, 0.3) is 15.9 Å². The summed E-state index contributed by atoms with van der Waals surface area (Å²) in [6.45, 7) is 10.6. The highest BCUT2D eigenvalue weighted by Crippen LogP contribution is 2.13. The van der Waals surface area contributed by atoms with Gasteiger partial charge in [0.15, 0.2) is 0 Å². The van der Waals surface area contributed by atoms with Gasteiger partial charge in [0.2, 0.25) is 0 Å². The van der Waals surface area contributed by atoms with E-state index in [-0.39, 0.29) is 36.9 Å². The summed E-state index contributed by atoms with van der Waals surface area (Å²) in [4.78, 5) is 23.8. The monoisotopic (exact) mass is 832 g/mol. The van der Waals surface area contributed by atoms with Gasteiger partial charge in [-0.25, -0.2) is 4.79 Å². The molecule has 0 heterocycles. The number of benzene rings is 2. The molecule has 0 spiro atoms. The van der Waals surface area contributed by atoms with E-state index in [9.17, 15) is 18.0 Å². The summed E-state index contributed by atoms with van der Waals surface area (Å²) in [6, 6.07) is 14.7. The van der Waals surface area contributed by atoms with Gasteiger partial charge in [-0.2, -0.15) is 8.42 Å². The van der Waals surface area contributed by atoms with E-state index in [2.05, 4.69) is 0 Å². The topological polar surface area (TPSA) is 188 Å². The molecule has 0 fully saturated rings. The highest BCUT2D eigenvalue weighted by atomic mass is 32.2. The van der Waals surface area contributed by atoms with Crippen molar-refractivity contribution in [1.82, 2.24) is 0 Å². The van der Waals surface area contributed by atoms with Crippen LogP contribution in [-0.2, 0) is 75.9 Å². The normalized spacial score (nSPS) is 11.6. The molecule has 0 N–H and O–H groups in total. The van der Waals surface area contributed by atoms with Gasteiger partial charge in [0, 0.05) is 5.56 Å². The molecule has 17 nitrogen and oxygen atoms in total. The number of ketones is 1. The quantitative estimate of drug-likeness (QED) is 0.0313. The molecule has 0 bridgehead atoms. The summed E-state index contributed by atoms with van der Waals surface area (Å²) in [5, 5.41) is 0. The smallest absolute Gasteiger partial charge is 0.379 e. The van der Waals surface area contributed by atoms with Crippen LogP contribution in [0.25, 0.3) is 0 Å². The van der Waals surface area contributed by atoms with Gasteiger partial charge >= 0.3 is 5.97 Å². The summed E-state index contributed by atoms with van der Waals surface area (Å²) < 4.78 is 93.8. The fourth-order valence-corrected chi connectivity index (χ4v) is 5.14. The molecule has 324 valence electrons. The van der Waals surface area contributed by atoms with E-state index in [4.69, 9.17) is 61.0 Å². The summed E-state index contributed by atoms with van der Waals surface area (Å²) in [7, 11) is -3.79. The minimum absolute atomic E-state index is 0.0121. The van der Waals surface area contributed by atoms with Crippen molar-refractivity contribution in [3.8, 4) is 0 Å². The molecule has 0 aliphatic rings. The Labute approximate surface area is 336 Å². The number of carbonyl (C=O) groups excluding carboxylic acids is 2. The minimum atomic E-state index is -3.79. The van der Waals surface area contributed by atoms with Gasteiger partial charge in [-0.1, -0.05) is 48.0 Å². The Kier molecular flexibility index (Phi) is 30.9. The zero-order valence-corrected chi connectivity index (χ0v) is 33.8. The van der Waals surface area contributed by atoms with Crippen LogP contribution in [0.1, 0.15) is 15.9 Å². The Bertz CT molecular complexity index is 1360. The highest BCUT2D eigenvalue weighted by molar-refractivity contribution is 7.86. The third-order valence-electron chi connectivity index (χ3n) is 7.18. The lowest BCUT2D eigenvalue weighted by atomic mass is 10.1.